The van der Waals surface area contributed by atoms with E-state index in [9.17, 15) is 13.2 Å². The van der Waals surface area contributed by atoms with Crippen molar-refractivity contribution in [3.63, 3.8) is 0 Å². The van der Waals surface area contributed by atoms with Crippen LogP contribution in [0.25, 0.3) is 33.3 Å². The van der Waals surface area contributed by atoms with Gasteiger partial charge < -0.3 is 14.2 Å². The molecule has 8 heteroatoms. The predicted octanol–water partition coefficient (Wildman–Crippen LogP) is 6.34. The lowest BCUT2D eigenvalue weighted by Gasteiger charge is -2.11. The molecule has 0 radical (unpaired) electrons. The van der Waals surface area contributed by atoms with Gasteiger partial charge in [0.15, 0.2) is 0 Å². The minimum Gasteiger partial charge on any atom is -0.406 e. The zero-order valence-electron chi connectivity index (χ0n) is 15.3. The second-order valence-electron chi connectivity index (χ2n) is 6.52. The van der Waals surface area contributed by atoms with Gasteiger partial charge in [0.1, 0.15) is 17.3 Å². The molecule has 0 saturated heterocycles. The summed E-state index contributed by atoms with van der Waals surface area (Å²) >= 11 is 0. The van der Waals surface area contributed by atoms with Crippen LogP contribution in [0.2, 0.25) is 0 Å². The van der Waals surface area contributed by atoms with E-state index in [-0.39, 0.29) is 13.2 Å². The Morgan fingerprint density at radius 2 is 1.79 bits per heavy atom. The van der Waals surface area contributed by atoms with E-state index in [1.54, 1.807) is 6.07 Å². The van der Waals surface area contributed by atoms with Crippen molar-refractivity contribution in [3.8, 4) is 28.0 Å². The number of benzene rings is 2. The third kappa shape index (κ3) is 3.96. The van der Waals surface area contributed by atoms with Crippen molar-refractivity contribution >= 4 is 11.0 Å². The molecule has 0 fully saturated rings. The Bertz CT molecular complexity index is 1160. The lowest BCUT2D eigenvalue weighted by Crippen LogP contribution is -2.17. The lowest BCUT2D eigenvalue weighted by atomic mass is 9.96. The van der Waals surface area contributed by atoms with Gasteiger partial charge in [0.25, 0.3) is 0 Å². The lowest BCUT2D eigenvalue weighted by molar-refractivity contribution is -0.274. The van der Waals surface area contributed by atoms with E-state index in [2.05, 4.69) is 19.9 Å². The van der Waals surface area contributed by atoms with E-state index < -0.39 is 6.36 Å². The summed E-state index contributed by atoms with van der Waals surface area (Å²) < 4.78 is 47.2. The Balaban J connectivity index is 0.00000240. The molecule has 0 saturated carbocycles. The molecule has 1 N–H and O–H groups in total. The largest absolute Gasteiger partial charge is 0.573 e. The number of alkyl halides is 3. The number of fused-ring (bicyclic) bond motifs is 1. The molecular weight excluding hydrogens is 383 g/mol. The van der Waals surface area contributed by atoms with Gasteiger partial charge in [-0.3, -0.25) is 0 Å². The van der Waals surface area contributed by atoms with Crippen molar-refractivity contribution in [3.05, 3.63) is 53.7 Å². The van der Waals surface area contributed by atoms with Crippen LogP contribution >= 0.6 is 0 Å². The number of hydrogen-bond donors (Lipinski definition) is 1. The van der Waals surface area contributed by atoms with E-state index >= 15 is 0 Å². The molecule has 0 atom stereocenters. The van der Waals surface area contributed by atoms with Crippen LogP contribution in [-0.4, -0.2) is 21.5 Å². The van der Waals surface area contributed by atoms with Crippen LogP contribution in [-0.2, 0) is 0 Å². The Kier molecular flexibility index (Phi) is 5.13. The summed E-state index contributed by atoms with van der Waals surface area (Å²) in [4.78, 5) is 7.69. The predicted molar refractivity (Wildman–Crippen MR) is 105 cm³/mol. The molecule has 2 aromatic carbocycles. The Hall–Kier alpha value is -3.29. The summed E-state index contributed by atoms with van der Waals surface area (Å²) in [5.41, 5.74) is 5.09. The molecule has 5 nitrogen and oxygen atoms in total. The zero-order chi connectivity index (χ0) is 20.1. The van der Waals surface area contributed by atoms with Crippen LogP contribution in [0.5, 0.6) is 5.75 Å². The number of rotatable bonds is 3. The maximum Gasteiger partial charge on any atom is 0.573 e. The number of halogens is 3. The summed E-state index contributed by atoms with van der Waals surface area (Å²) in [6.07, 6.45) is -4.75. The van der Waals surface area contributed by atoms with Crippen LogP contribution < -0.4 is 4.74 Å². The SMILES string of the molecule is C.Cc1nc2c(-c3cccc(OC(F)(F)F)c3)cc(-c3c(C)noc3C)cc2[nH]1. The molecular formula is C21H20F3N3O2. The van der Waals surface area contributed by atoms with Crippen molar-refractivity contribution in [2.24, 2.45) is 0 Å². The number of nitrogens with zero attached hydrogens (tertiary/aromatic N) is 2. The second kappa shape index (κ2) is 7.27. The molecule has 0 aliphatic carbocycles. The van der Waals surface area contributed by atoms with Gasteiger partial charge in [0, 0.05) is 11.1 Å². The molecule has 4 rings (SSSR count). The number of aromatic nitrogens is 3. The molecule has 0 amide bonds. The number of H-pyrrole nitrogens is 1. The van der Waals surface area contributed by atoms with Crippen molar-refractivity contribution in [1.29, 1.82) is 0 Å². The van der Waals surface area contributed by atoms with Gasteiger partial charge in [0.2, 0.25) is 0 Å². The highest BCUT2D eigenvalue weighted by Gasteiger charge is 2.31. The zero-order valence-corrected chi connectivity index (χ0v) is 15.3. The fourth-order valence-corrected chi connectivity index (χ4v) is 3.36. The molecule has 0 bridgehead atoms. The molecule has 152 valence electrons. The van der Waals surface area contributed by atoms with E-state index in [4.69, 9.17) is 4.52 Å². The molecule has 0 aliphatic rings. The van der Waals surface area contributed by atoms with Gasteiger partial charge in [0.05, 0.1) is 16.7 Å². The molecule has 2 heterocycles. The first-order valence-corrected chi connectivity index (χ1v) is 8.51. The smallest absolute Gasteiger partial charge is 0.406 e. The molecule has 29 heavy (non-hydrogen) atoms. The molecule has 2 aromatic heterocycles. The van der Waals surface area contributed by atoms with Gasteiger partial charge in [-0.15, -0.1) is 13.2 Å². The fourth-order valence-electron chi connectivity index (χ4n) is 3.36. The van der Waals surface area contributed by atoms with Crippen LogP contribution in [0.15, 0.2) is 40.9 Å². The van der Waals surface area contributed by atoms with Gasteiger partial charge in [-0.25, -0.2) is 4.98 Å². The number of imidazole rings is 1. The maximum absolute atomic E-state index is 12.6. The van der Waals surface area contributed by atoms with Crippen molar-refractivity contribution < 1.29 is 22.4 Å². The maximum atomic E-state index is 12.6. The van der Waals surface area contributed by atoms with Gasteiger partial charge in [-0.2, -0.15) is 0 Å². The minimum atomic E-state index is -4.75. The van der Waals surface area contributed by atoms with Crippen LogP contribution in [0.3, 0.4) is 0 Å². The van der Waals surface area contributed by atoms with Gasteiger partial charge in [-0.1, -0.05) is 24.7 Å². The third-order valence-electron chi connectivity index (χ3n) is 4.41. The normalized spacial score (nSPS) is 11.5. The first-order valence-electron chi connectivity index (χ1n) is 8.51. The number of nitrogens with one attached hydrogen (secondary N) is 1. The Morgan fingerprint density at radius 1 is 1.03 bits per heavy atom. The standard InChI is InChI=1S/C20H16F3N3O2.CH4/c1-10-18(11(2)28-26-10)14-8-16(19-17(9-14)24-12(3)25-19)13-5-4-6-15(7-13)27-20(21,22)23;/h4-9H,1-3H3,(H,24,25);1H4. The van der Waals surface area contributed by atoms with Crippen molar-refractivity contribution in [1.82, 2.24) is 15.1 Å². The second-order valence-corrected chi connectivity index (χ2v) is 6.52. The Labute approximate surface area is 165 Å². The van der Waals surface area contributed by atoms with Crippen LogP contribution in [0.1, 0.15) is 24.7 Å². The first-order chi connectivity index (χ1) is 13.2. The average molecular weight is 403 g/mol. The molecule has 0 unspecified atom stereocenters. The molecule has 4 aromatic rings. The number of aryl methyl sites for hydroxylation is 3. The number of aromatic amines is 1. The van der Waals surface area contributed by atoms with E-state index in [1.807, 2.05) is 32.9 Å². The topological polar surface area (TPSA) is 63.9 Å². The van der Waals surface area contributed by atoms with Gasteiger partial charge >= 0.3 is 6.36 Å². The summed E-state index contributed by atoms with van der Waals surface area (Å²) in [5.74, 6) is 1.08. The molecule has 0 aliphatic heterocycles. The summed E-state index contributed by atoms with van der Waals surface area (Å²) in [5, 5.41) is 3.99. The van der Waals surface area contributed by atoms with Crippen LogP contribution in [0, 0.1) is 20.8 Å². The summed E-state index contributed by atoms with van der Waals surface area (Å²) in [7, 11) is 0. The quantitative estimate of drug-likeness (QED) is 0.433. The minimum absolute atomic E-state index is 0. The highest BCUT2D eigenvalue weighted by molar-refractivity contribution is 5.96. The highest BCUT2D eigenvalue weighted by Crippen LogP contribution is 2.37. The summed E-state index contributed by atoms with van der Waals surface area (Å²) in [6.45, 7) is 5.48. The third-order valence-corrected chi connectivity index (χ3v) is 4.41. The fraction of sp³-hybridized carbons (Fsp3) is 0.238. The van der Waals surface area contributed by atoms with E-state index in [0.29, 0.717) is 28.2 Å². The van der Waals surface area contributed by atoms with E-state index in [0.717, 1.165) is 22.3 Å². The van der Waals surface area contributed by atoms with Gasteiger partial charge in [-0.05, 0) is 56.2 Å². The highest BCUT2D eigenvalue weighted by atomic mass is 19.4. The van der Waals surface area contributed by atoms with Crippen LogP contribution in [0.4, 0.5) is 13.2 Å². The molecule has 0 spiro atoms. The monoisotopic (exact) mass is 403 g/mol. The first kappa shape index (κ1) is 20.4. The summed E-state index contributed by atoms with van der Waals surface area (Å²) in [6, 6.07) is 9.66. The number of hydrogen-bond acceptors (Lipinski definition) is 4. The van der Waals surface area contributed by atoms with Crippen molar-refractivity contribution in [2.75, 3.05) is 0 Å². The van der Waals surface area contributed by atoms with E-state index in [1.165, 1.54) is 18.2 Å². The number of ether oxygens (including phenoxy) is 1. The average Bonchev–Trinajstić information content (AvgIpc) is 3.13. The Morgan fingerprint density at radius 3 is 2.45 bits per heavy atom. The van der Waals surface area contributed by atoms with Crippen molar-refractivity contribution in [2.45, 2.75) is 34.6 Å².